The summed E-state index contributed by atoms with van der Waals surface area (Å²) in [6.45, 7) is 0. The molecule has 0 aliphatic heterocycles. The van der Waals surface area contributed by atoms with Crippen LogP contribution in [0.15, 0.2) is 44.8 Å². The van der Waals surface area contributed by atoms with Crippen molar-refractivity contribution in [2.24, 2.45) is 0 Å². The van der Waals surface area contributed by atoms with Crippen LogP contribution in [0.1, 0.15) is 0 Å². The highest BCUT2D eigenvalue weighted by atomic mass is 79.9. The lowest BCUT2D eigenvalue weighted by Crippen LogP contribution is -2.08. The first kappa shape index (κ1) is 12.2. The minimum atomic E-state index is -0.268. The molecular weight excluding hydrogens is 304 g/mol. The van der Waals surface area contributed by atoms with Crippen LogP contribution in [0.25, 0.3) is 0 Å². The molecule has 1 aromatic carbocycles. The average molecular weight is 313 g/mol. The minimum absolute atomic E-state index is 0.255. The minimum Gasteiger partial charge on any atom is -0.438 e. The first-order valence-corrected chi connectivity index (χ1v) is 6.77. The third-order valence-corrected chi connectivity index (χ3v) is 3.48. The van der Waals surface area contributed by atoms with Crippen LogP contribution < -0.4 is 10.3 Å². The molecule has 6 heteroatoms. The second-order valence-corrected chi connectivity index (χ2v) is 4.80. The monoisotopic (exact) mass is 312 g/mol. The van der Waals surface area contributed by atoms with Gasteiger partial charge in [0.15, 0.2) is 0 Å². The number of hydrogen-bond donors (Lipinski definition) is 1. The zero-order chi connectivity index (χ0) is 12.3. The molecule has 2 rings (SSSR count). The number of rotatable bonds is 3. The van der Waals surface area contributed by atoms with E-state index in [1.165, 1.54) is 6.33 Å². The Morgan fingerprint density at radius 1 is 1.35 bits per heavy atom. The van der Waals surface area contributed by atoms with Crippen LogP contribution in [-0.4, -0.2) is 16.2 Å². The van der Waals surface area contributed by atoms with Crippen molar-refractivity contribution < 1.29 is 4.74 Å². The van der Waals surface area contributed by atoms with Gasteiger partial charge in [0.05, 0.1) is 6.33 Å². The van der Waals surface area contributed by atoms with Gasteiger partial charge in [0.25, 0.3) is 5.56 Å². The lowest BCUT2D eigenvalue weighted by atomic mass is 10.3. The Labute approximate surface area is 111 Å². The van der Waals surface area contributed by atoms with Gasteiger partial charge in [-0.15, -0.1) is 11.8 Å². The third kappa shape index (κ3) is 2.89. The molecule has 17 heavy (non-hydrogen) atoms. The Morgan fingerprint density at radius 2 is 2.06 bits per heavy atom. The molecule has 1 N–H and O–H groups in total. The number of hydrogen-bond acceptors (Lipinski definition) is 4. The van der Waals surface area contributed by atoms with Crippen molar-refractivity contribution in [2.45, 2.75) is 4.90 Å². The van der Waals surface area contributed by atoms with Gasteiger partial charge in [-0.25, -0.2) is 4.98 Å². The lowest BCUT2D eigenvalue weighted by molar-refractivity contribution is 0.456. The van der Waals surface area contributed by atoms with Crippen LogP contribution in [0.5, 0.6) is 11.6 Å². The number of ether oxygens (including phenoxy) is 1. The number of benzene rings is 1. The predicted molar refractivity (Wildman–Crippen MR) is 70.9 cm³/mol. The molecule has 1 heterocycles. The molecule has 2 aromatic rings. The SMILES string of the molecule is CSc1ccc(Oc2nc[nH]c(=O)c2Br)cc1. The molecule has 0 bridgehead atoms. The normalized spacial score (nSPS) is 10.2. The number of halogens is 1. The topological polar surface area (TPSA) is 55.0 Å². The van der Waals surface area contributed by atoms with Gasteiger partial charge in [-0.3, -0.25) is 4.79 Å². The van der Waals surface area contributed by atoms with E-state index in [1.807, 2.05) is 30.5 Å². The van der Waals surface area contributed by atoms with Crippen LogP contribution >= 0.6 is 27.7 Å². The smallest absolute Gasteiger partial charge is 0.268 e. The van der Waals surface area contributed by atoms with E-state index in [4.69, 9.17) is 4.74 Å². The van der Waals surface area contributed by atoms with Gasteiger partial charge in [0, 0.05) is 4.90 Å². The van der Waals surface area contributed by atoms with Crippen molar-refractivity contribution in [3.05, 3.63) is 45.4 Å². The summed E-state index contributed by atoms with van der Waals surface area (Å²) in [6.07, 6.45) is 3.31. The second-order valence-electron chi connectivity index (χ2n) is 3.13. The molecule has 0 saturated heterocycles. The average Bonchev–Trinajstić information content (AvgIpc) is 2.36. The zero-order valence-corrected chi connectivity index (χ0v) is 11.3. The van der Waals surface area contributed by atoms with Gasteiger partial charge < -0.3 is 9.72 Å². The van der Waals surface area contributed by atoms with E-state index in [0.717, 1.165) is 4.90 Å². The van der Waals surface area contributed by atoms with Crippen LogP contribution in [0.2, 0.25) is 0 Å². The third-order valence-electron chi connectivity index (χ3n) is 2.04. The highest BCUT2D eigenvalue weighted by Gasteiger charge is 2.07. The van der Waals surface area contributed by atoms with Gasteiger partial charge in [-0.05, 0) is 46.5 Å². The summed E-state index contributed by atoms with van der Waals surface area (Å²) in [5.74, 6) is 0.896. The standard InChI is InChI=1S/C11H9BrN2O2S/c1-17-8-4-2-7(3-5-8)16-11-9(12)10(15)13-6-14-11/h2-6H,1H3,(H,13,14,15). The molecule has 0 fully saturated rings. The van der Waals surface area contributed by atoms with E-state index in [1.54, 1.807) is 11.8 Å². The van der Waals surface area contributed by atoms with Crippen molar-refractivity contribution in [1.82, 2.24) is 9.97 Å². The molecule has 0 aliphatic rings. The van der Waals surface area contributed by atoms with E-state index in [-0.39, 0.29) is 15.9 Å². The van der Waals surface area contributed by atoms with Crippen molar-refractivity contribution in [3.63, 3.8) is 0 Å². The fourth-order valence-electron chi connectivity index (χ4n) is 1.19. The summed E-state index contributed by atoms with van der Waals surface area (Å²) in [7, 11) is 0. The van der Waals surface area contributed by atoms with Crippen LogP contribution in [-0.2, 0) is 0 Å². The van der Waals surface area contributed by atoms with Crippen LogP contribution in [0.4, 0.5) is 0 Å². The maximum absolute atomic E-state index is 11.3. The summed E-state index contributed by atoms with van der Waals surface area (Å²) in [4.78, 5) is 18.8. The van der Waals surface area contributed by atoms with Gasteiger partial charge in [-0.2, -0.15) is 0 Å². The van der Waals surface area contributed by atoms with Crippen molar-refractivity contribution in [2.75, 3.05) is 6.26 Å². The maximum Gasteiger partial charge on any atom is 0.268 e. The lowest BCUT2D eigenvalue weighted by Gasteiger charge is -2.05. The number of aromatic amines is 1. The molecule has 0 radical (unpaired) electrons. The molecule has 0 aliphatic carbocycles. The summed E-state index contributed by atoms with van der Waals surface area (Å²) >= 11 is 4.78. The van der Waals surface area contributed by atoms with Gasteiger partial charge in [-0.1, -0.05) is 0 Å². The Bertz CT molecular complexity index is 568. The van der Waals surface area contributed by atoms with Crippen molar-refractivity contribution in [3.8, 4) is 11.6 Å². The Morgan fingerprint density at radius 3 is 2.71 bits per heavy atom. The van der Waals surface area contributed by atoms with Gasteiger partial charge in [0.1, 0.15) is 10.2 Å². The summed E-state index contributed by atoms with van der Waals surface area (Å²) < 4.78 is 5.79. The molecular formula is C11H9BrN2O2S. The molecule has 1 aromatic heterocycles. The Balaban J connectivity index is 2.25. The first-order chi connectivity index (χ1) is 8.20. The number of H-pyrrole nitrogens is 1. The first-order valence-electron chi connectivity index (χ1n) is 4.76. The molecule has 0 unspecified atom stereocenters. The predicted octanol–water partition coefficient (Wildman–Crippen LogP) is 3.05. The maximum atomic E-state index is 11.3. The fraction of sp³-hybridized carbons (Fsp3) is 0.0909. The van der Waals surface area contributed by atoms with Gasteiger partial charge in [0.2, 0.25) is 5.88 Å². The molecule has 0 atom stereocenters. The summed E-state index contributed by atoms with van der Waals surface area (Å²) in [6, 6.07) is 7.56. The Kier molecular flexibility index (Phi) is 3.86. The van der Waals surface area contributed by atoms with E-state index in [2.05, 4.69) is 25.9 Å². The highest BCUT2D eigenvalue weighted by molar-refractivity contribution is 9.10. The number of nitrogens with zero attached hydrogens (tertiary/aromatic N) is 1. The fourth-order valence-corrected chi connectivity index (χ4v) is 1.90. The number of aromatic nitrogens is 2. The quantitative estimate of drug-likeness (QED) is 0.885. The van der Waals surface area contributed by atoms with E-state index >= 15 is 0 Å². The zero-order valence-electron chi connectivity index (χ0n) is 8.94. The Hall–Kier alpha value is -1.27. The molecule has 0 spiro atoms. The van der Waals surface area contributed by atoms with E-state index in [0.29, 0.717) is 5.75 Å². The number of thioether (sulfide) groups is 1. The summed E-state index contributed by atoms with van der Waals surface area (Å²) in [5.41, 5.74) is -0.268. The highest BCUT2D eigenvalue weighted by Crippen LogP contribution is 2.25. The van der Waals surface area contributed by atoms with E-state index < -0.39 is 0 Å². The molecule has 0 saturated carbocycles. The molecule has 0 amide bonds. The molecule has 4 nitrogen and oxygen atoms in total. The molecule has 88 valence electrons. The van der Waals surface area contributed by atoms with Crippen LogP contribution in [0, 0.1) is 0 Å². The largest absolute Gasteiger partial charge is 0.438 e. The number of nitrogens with one attached hydrogen (secondary N) is 1. The van der Waals surface area contributed by atoms with Gasteiger partial charge >= 0.3 is 0 Å². The van der Waals surface area contributed by atoms with Crippen molar-refractivity contribution in [1.29, 1.82) is 0 Å². The second kappa shape index (κ2) is 5.37. The summed E-state index contributed by atoms with van der Waals surface area (Å²) in [5, 5.41) is 0. The van der Waals surface area contributed by atoms with Crippen molar-refractivity contribution >= 4 is 27.7 Å². The van der Waals surface area contributed by atoms with E-state index in [9.17, 15) is 4.79 Å². The van der Waals surface area contributed by atoms with Crippen LogP contribution in [0.3, 0.4) is 0 Å².